The summed E-state index contributed by atoms with van der Waals surface area (Å²) in [6.07, 6.45) is 3.68. The Hall–Kier alpha value is -2.82. The molecule has 0 radical (unpaired) electrons. The maximum atomic E-state index is 12.6. The Morgan fingerprint density at radius 2 is 2.21 bits per heavy atom. The molecule has 2 aromatic heterocycles. The van der Waals surface area contributed by atoms with Gasteiger partial charge in [0.2, 0.25) is 0 Å². The average Bonchev–Trinajstić information content (AvgIpc) is 3.18. The van der Waals surface area contributed by atoms with E-state index in [0.29, 0.717) is 12.3 Å². The predicted molar refractivity (Wildman–Crippen MR) is 91.5 cm³/mol. The summed E-state index contributed by atoms with van der Waals surface area (Å²) >= 11 is 0. The Morgan fingerprint density at radius 3 is 3.08 bits per heavy atom. The van der Waals surface area contributed by atoms with Crippen molar-refractivity contribution in [2.24, 2.45) is 0 Å². The van der Waals surface area contributed by atoms with Crippen LogP contribution in [0.15, 0.2) is 48.8 Å². The van der Waals surface area contributed by atoms with E-state index in [0.717, 1.165) is 22.5 Å². The van der Waals surface area contributed by atoms with E-state index in [2.05, 4.69) is 16.4 Å². The van der Waals surface area contributed by atoms with Crippen LogP contribution in [0.4, 0.5) is 0 Å². The number of para-hydroxylation sites is 1. The minimum atomic E-state index is -0.159. The third-order valence-corrected chi connectivity index (χ3v) is 4.55. The van der Waals surface area contributed by atoms with Crippen molar-refractivity contribution < 1.29 is 9.53 Å². The largest absolute Gasteiger partial charge is 0.493 e. The first-order chi connectivity index (χ1) is 11.6. The van der Waals surface area contributed by atoms with E-state index in [1.807, 2.05) is 54.8 Å². The summed E-state index contributed by atoms with van der Waals surface area (Å²) in [7, 11) is 0. The summed E-state index contributed by atoms with van der Waals surface area (Å²) < 4.78 is 7.57. The summed E-state index contributed by atoms with van der Waals surface area (Å²) in [6.45, 7) is 4.60. The molecule has 1 amide bonds. The van der Waals surface area contributed by atoms with Crippen LogP contribution in [0.3, 0.4) is 0 Å². The number of hydrogen-bond acceptors (Lipinski definition) is 3. The number of ether oxygens (including phenoxy) is 1. The van der Waals surface area contributed by atoms with Gasteiger partial charge >= 0.3 is 0 Å². The number of carbonyl (C=O) groups excluding carboxylic acids is 1. The number of carbonyl (C=O) groups is 1. The number of imidazole rings is 1. The number of benzene rings is 1. The highest BCUT2D eigenvalue weighted by atomic mass is 16.5. The second-order valence-electron chi connectivity index (χ2n) is 6.31. The van der Waals surface area contributed by atoms with Crippen LogP contribution in [0.5, 0.6) is 5.75 Å². The van der Waals surface area contributed by atoms with Gasteiger partial charge in [0.25, 0.3) is 5.91 Å². The lowest BCUT2D eigenvalue weighted by Gasteiger charge is -2.19. The molecule has 0 spiro atoms. The molecule has 0 unspecified atom stereocenters. The van der Waals surface area contributed by atoms with Gasteiger partial charge in [0.1, 0.15) is 17.1 Å². The molecule has 5 heteroatoms. The van der Waals surface area contributed by atoms with Crippen LogP contribution in [-0.2, 0) is 0 Å². The maximum absolute atomic E-state index is 12.6. The van der Waals surface area contributed by atoms with Crippen LogP contribution in [0.1, 0.15) is 34.5 Å². The minimum Gasteiger partial charge on any atom is -0.493 e. The molecule has 1 aliphatic rings. The summed E-state index contributed by atoms with van der Waals surface area (Å²) in [5, 5.41) is 3.06. The number of rotatable bonds is 3. The third kappa shape index (κ3) is 2.52. The van der Waals surface area contributed by atoms with E-state index in [1.165, 1.54) is 0 Å². The molecule has 0 saturated carbocycles. The van der Waals surface area contributed by atoms with Gasteiger partial charge in [0.15, 0.2) is 0 Å². The zero-order chi connectivity index (χ0) is 16.7. The SMILES string of the molecule is Cc1ccn2cc(C(=O)N[C@@H](C)[C@@H]3COc4ccccc43)nc2c1. The molecule has 2 atom stereocenters. The van der Waals surface area contributed by atoms with Crippen LogP contribution in [-0.4, -0.2) is 27.9 Å². The number of nitrogens with zero attached hydrogens (tertiary/aromatic N) is 2. The second kappa shape index (κ2) is 5.67. The number of nitrogens with one attached hydrogen (secondary N) is 1. The zero-order valence-electron chi connectivity index (χ0n) is 13.7. The molecule has 0 fully saturated rings. The maximum Gasteiger partial charge on any atom is 0.271 e. The first-order valence-corrected chi connectivity index (χ1v) is 8.10. The zero-order valence-corrected chi connectivity index (χ0v) is 13.7. The van der Waals surface area contributed by atoms with Crippen molar-refractivity contribution in [1.29, 1.82) is 0 Å². The number of aryl methyl sites for hydroxylation is 1. The molecular weight excluding hydrogens is 302 g/mol. The third-order valence-electron chi connectivity index (χ3n) is 4.55. The molecule has 3 heterocycles. The highest BCUT2D eigenvalue weighted by molar-refractivity contribution is 5.93. The lowest BCUT2D eigenvalue weighted by molar-refractivity contribution is 0.0928. The van der Waals surface area contributed by atoms with Gasteiger partial charge in [0.05, 0.1) is 6.61 Å². The lowest BCUT2D eigenvalue weighted by Crippen LogP contribution is -2.37. The quantitative estimate of drug-likeness (QED) is 0.807. The number of pyridine rings is 1. The molecule has 5 nitrogen and oxygen atoms in total. The smallest absolute Gasteiger partial charge is 0.271 e. The Bertz CT molecular complexity index is 916. The van der Waals surface area contributed by atoms with Crippen molar-refractivity contribution in [3.63, 3.8) is 0 Å². The number of fused-ring (bicyclic) bond motifs is 2. The first-order valence-electron chi connectivity index (χ1n) is 8.10. The van der Waals surface area contributed by atoms with Crippen LogP contribution in [0, 0.1) is 6.92 Å². The fourth-order valence-electron chi connectivity index (χ4n) is 3.18. The van der Waals surface area contributed by atoms with E-state index in [9.17, 15) is 4.79 Å². The Morgan fingerprint density at radius 1 is 1.38 bits per heavy atom. The summed E-state index contributed by atoms with van der Waals surface area (Å²) in [4.78, 5) is 17.0. The highest BCUT2D eigenvalue weighted by Crippen LogP contribution is 2.35. The normalized spacial score (nSPS) is 17.3. The number of amides is 1. The van der Waals surface area contributed by atoms with Crippen molar-refractivity contribution in [2.45, 2.75) is 25.8 Å². The Labute approximate surface area is 140 Å². The van der Waals surface area contributed by atoms with Gasteiger partial charge in [-0.3, -0.25) is 4.79 Å². The van der Waals surface area contributed by atoms with Gasteiger partial charge < -0.3 is 14.5 Å². The van der Waals surface area contributed by atoms with Gasteiger partial charge in [-0.1, -0.05) is 18.2 Å². The highest BCUT2D eigenvalue weighted by Gasteiger charge is 2.30. The molecule has 4 rings (SSSR count). The van der Waals surface area contributed by atoms with Gasteiger partial charge in [-0.25, -0.2) is 4.98 Å². The van der Waals surface area contributed by atoms with E-state index < -0.39 is 0 Å². The lowest BCUT2D eigenvalue weighted by atomic mass is 9.94. The van der Waals surface area contributed by atoms with Crippen molar-refractivity contribution in [3.8, 4) is 5.75 Å². The molecule has 0 saturated heterocycles. The summed E-state index contributed by atoms with van der Waals surface area (Å²) in [5.74, 6) is 0.907. The predicted octanol–water partition coefficient (Wildman–Crippen LogP) is 2.94. The van der Waals surface area contributed by atoms with Crippen LogP contribution < -0.4 is 10.1 Å². The average molecular weight is 321 g/mol. The fourth-order valence-corrected chi connectivity index (χ4v) is 3.18. The number of aromatic nitrogens is 2. The standard InChI is InChI=1S/C19H19N3O2/c1-12-7-8-22-10-16(21-18(22)9-12)19(23)20-13(2)15-11-24-17-6-4-3-5-14(15)17/h3-10,13,15H,11H2,1-2H3,(H,20,23)/t13-,15-/m0/s1. The molecule has 1 aromatic carbocycles. The van der Waals surface area contributed by atoms with Crippen LogP contribution in [0.25, 0.3) is 5.65 Å². The molecule has 122 valence electrons. The van der Waals surface area contributed by atoms with E-state index in [-0.39, 0.29) is 17.9 Å². The van der Waals surface area contributed by atoms with E-state index >= 15 is 0 Å². The molecular formula is C19H19N3O2. The Kier molecular flexibility index (Phi) is 3.49. The Balaban J connectivity index is 1.53. The van der Waals surface area contributed by atoms with Crippen LogP contribution >= 0.6 is 0 Å². The molecule has 3 aromatic rings. The monoisotopic (exact) mass is 321 g/mol. The second-order valence-corrected chi connectivity index (χ2v) is 6.31. The van der Waals surface area contributed by atoms with E-state index in [1.54, 1.807) is 6.20 Å². The van der Waals surface area contributed by atoms with Crippen LogP contribution in [0.2, 0.25) is 0 Å². The van der Waals surface area contributed by atoms with E-state index in [4.69, 9.17) is 4.74 Å². The summed E-state index contributed by atoms with van der Waals surface area (Å²) in [6, 6.07) is 11.9. The van der Waals surface area contributed by atoms with Crippen molar-refractivity contribution >= 4 is 11.6 Å². The minimum absolute atomic E-state index is 0.0345. The summed E-state index contributed by atoms with van der Waals surface area (Å²) in [5.41, 5.74) is 3.48. The fraction of sp³-hybridized carbons (Fsp3) is 0.263. The molecule has 0 aliphatic carbocycles. The van der Waals surface area contributed by atoms with Gasteiger partial charge in [-0.15, -0.1) is 0 Å². The first kappa shape index (κ1) is 14.8. The number of hydrogen-bond donors (Lipinski definition) is 1. The van der Waals surface area contributed by atoms with Crippen molar-refractivity contribution in [2.75, 3.05) is 6.61 Å². The molecule has 1 N–H and O–H groups in total. The topological polar surface area (TPSA) is 55.6 Å². The van der Waals surface area contributed by atoms with Crippen molar-refractivity contribution in [3.05, 3.63) is 65.6 Å². The van der Waals surface area contributed by atoms with Crippen molar-refractivity contribution in [1.82, 2.24) is 14.7 Å². The molecule has 24 heavy (non-hydrogen) atoms. The molecule has 1 aliphatic heterocycles. The molecule has 0 bridgehead atoms. The van der Waals surface area contributed by atoms with Gasteiger partial charge in [-0.05, 0) is 37.6 Å². The van der Waals surface area contributed by atoms with Gasteiger partial charge in [-0.2, -0.15) is 0 Å². The van der Waals surface area contributed by atoms with Gasteiger partial charge in [0, 0.05) is 29.9 Å².